The Morgan fingerprint density at radius 3 is 2.53 bits per heavy atom. The van der Waals surface area contributed by atoms with E-state index in [9.17, 15) is 9.59 Å². The van der Waals surface area contributed by atoms with Crippen molar-refractivity contribution in [1.29, 1.82) is 0 Å². The maximum Gasteiger partial charge on any atom is 0.245 e. The second-order valence-electron chi connectivity index (χ2n) is 5.76. The van der Waals surface area contributed by atoms with Gasteiger partial charge in [0.2, 0.25) is 11.8 Å². The number of carbonyl (C=O) groups excluding carboxylic acids is 2. The highest BCUT2D eigenvalue weighted by Gasteiger charge is 2.34. The van der Waals surface area contributed by atoms with Crippen molar-refractivity contribution in [3.63, 3.8) is 0 Å². The molecule has 2 fully saturated rings. The molecule has 19 heavy (non-hydrogen) atoms. The SMILES string of the molecule is CCCN(C(=O)C1CCC(=O)N1)C1CCC(N)CC1. The summed E-state index contributed by atoms with van der Waals surface area (Å²) in [6, 6.07) is 0.306. The maximum atomic E-state index is 12.5. The van der Waals surface area contributed by atoms with Crippen molar-refractivity contribution in [3.05, 3.63) is 0 Å². The van der Waals surface area contributed by atoms with Crippen LogP contribution in [0.25, 0.3) is 0 Å². The average molecular weight is 267 g/mol. The van der Waals surface area contributed by atoms with E-state index in [1.807, 2.05) is 4.90 Å². The lowest BCUT2D eigenvalue weighted by molar-refractivity contribution is -0.137. The first-order valence-corrected chi connectivity index (χ1v) is 7.47. The lowest BCUT2D eigenvalue weighted by Crippen LogP contribution is -2.51. The summed E-state index contributed by atoms with van der Waals surface area (Å²) < 4.78 is 0. The van der Waals surface area contributed by atoms with Crippen molar-refractivity contribution in [2.45, 2.75) is 70.0 Å². The van der Waals surface area contributed by atoms with E-state index in [0.29, 0.717) is 24.9 Å². The Kier molecular flexibility index (Phi) is 4.80. The van der Waals surface area contributed by atoms with Gasteiger partial charge in [-0.2, -0.15) is 0 Å². The topological polar surface area (TPSA) is 75.4 Å². The van der Waals surface area contributed by atoms with E-state index >= 15 is 0 Å². The van der Waals surface area contributed by atoms with Crippen LogP contribution in [0.3, 0.4) is 0 Å². The zero-order valence-corrected chi connectivity index (χ0v) is 11.7. The molecule has 3 N–H and O–H groups in total. The Bertz CT molecular complexity index is 338. The molecule has 0 aromatic heterocycles. The summed E-state index contributed by atoms with van der Waals surface area (Å²) in [4.78, 5) is 25.8. The normalized spacial score (nSPS) is 31.1. The van der Waals surface area contributed by atoms with Crippen LogP contribution < -0.4 is 11.1 Å². The Balaban J connectivity index is 1.98. The quantitative estimate of drug-likeness (QED) is 0.790. The molecule has 5 nitrogen and oxygen atoms in total. The van der Waals surface area contributed by atoms with Crippen LogP contribution in [-0.2, 0) is 9.59 Å². The first kappa shape index (κ1) is 14.3. The van der Waals surface area contributed by atoms with Crippen molar-refractivity contribution >= 4 is 11.8 Å². The van der Waals surface area contributed by atoms with Crippen LogP contribution in [0.1, 0.15) is 51.9 Å². The van der Waals surface area contributed by atoms with Gasteiger partial charge in [-0.3, -0.25) is 9.59 Å². The number of carbonyl (C=O) groups is 2. The molecule has 0 aromatic rings. The monoisotopic (exact) mass is 267 g/mol. The molecule has 5 heteroatoms. The van der Waals surface area contributed by atoms with Crippen LogP contribution >= 0.6 is 0 Å². The predicted molar refractivity (Wildman–Crippen MR) is 73.4 cm³/mol. The largest absolute Gasteiger partial charge is 0.344 e. The van der Waals surface area contributed by atoms with Gasteiger partial charge < -0.3 is 16.0 Å². The zero-order valence-electron chi connectivity index (χ0n) is 11.7. The van der Waals surface area contributed by atoms with Gasteiger partial charge in [-0.15, -0.1) is 0 Å². The number of hydrogen-bond donors (Lipinski definition) is 2. The van der Waals surface area contributed by atoms with Crippen LogP contribution in [0.2, 0.25) is 0 Å². The second-order valence-corrected chi connectivity index (χ2v) is 5.76. The summed E-state index contributed by atoms with van der Waals surface area (Å²) in [7, 11) is 0. The van der Waals surface area contributed by atoms with Gasteiger partial charge >= 0.3 is 0 Å². The van der Waals surface area contributed by atoms with E-state index in [-0.39, 0.29) is 17.9 Å². The molecule has 2 amide bonds. The number of amides is 2. The van der Waals surface area contributed by atoms with E-state index in [1.54, 1.807) is 0 Å². The molecule has 1 saturated heterocycles. The Labute approximate surface area is 114 Å². The van der Waals surface area contributed by atoms with Gasteiger partial charge in [0, 0.05) is 25.0 Å². The number of nitrogens with zero attached hydrogens (tertiary/aromatic N) is 1. The van der Waals surface area contributed by atoms with Crippen LogP contribution in [0.15, 0.2) is 0 Å². The smallest absolute Gasteiger partial charge is 0.245 e. The van der Waals surface area contributed by atoms with Gasteiger partial charge in [-0.05, 0) is 38.5 Å². The molecule has 1 saturated carbocycles. The zero-order chi connectivity index (χ0) is 13.8. The standard InChI is InChI=1S/C14H25N3O2/c1-2-9-17(11-5-3-10(15)4-6-11)14(19)12-7-8-13(18)16-12/h10-12H,2-9,15H2,1H3,(H,16,18). The average Bonchev–Trinajstić information content (AvgIpc) is 2.83. The summed E-state index contributed by atoms with van der Waals surface area (Å²) in [6.45, 7) is 2.87. The molecule has 1 heterocycles. The van der Waals surface area contributed by atoms with Crippen LogP contribution in [0.4, 0.5) is 0 Å². The number of rotatable bonds is 4. The minimum absolute atomic E-state index is 0.000430. The highest BCUT2D eigenvalue weighted by Crippen LogP contribution is 2.24. The first-order valence-electron chi connectivity index (χ1n) is 7.47. The van der Waals surface area contributed by atoms with Crippen molar-refractivity contribution in [2.75, 3.05) is 6.54 Å². The molecule has 0 spiro atoms. The lowest BCUT2D eigenvalue weighted by Gasteiger charge is -2.37. The molecular weight excluding hydrogens is 242 g/mol. The van der Waals surface area contributed by atoms with E-state index in [0.717, 1.165) is 38.6 Å². The molecule has 1 aliphatic carbocycles. The lowest BCUT2D eigenvalue weighted by atomic mass is 9.90. The fraction of sp³-hybridized carbons (Fsp3) is 0.857. The third-order valence-electron chi connectivity index (χ3n) is 4.22. The van der Waals surface area contributed by atoms with Crippen molar-refractivity contribution in [1.82, 2.24) is 10.2 Å². The molecule has 2 rings (SSSR count). The van der Waals surface area contributed by atoms with E-state index in [1.165, 1.54) is 0 Å². The molecule has 108 valence electrons. The molecule has 1 unspecified atom stereocenters. The molecule has 1 aliphatic heterocycles. The van der Waals surface area contributed by atoms with Gasteiger partial charge in [0.05, 0.1) is 0 Å². The molecule has 1 atom stereocenters. The summed E-state index contributed by atoms with van der Waals surface area (Å²) >= 11 is 0. The van der Waals surface area contributed by atoms with E-state index < -0.39 is 0 Å². The van der Waals surface area contributed by atoms with Gasteiger partial charge in [-0.1, -0.05) is 6.92 Å². The summed E-state index contributed by atoms with van der Waals surface area (Å²) in [6.07, 6.45) is 6.05. The highest BCUT2D eigenvalue weighted by atomic mass is 16.2. The van der Waals surface area contributed by atoms with Gasteiger partial charge in [-0.25, -0.2) is 0 Å². The Morgan fingerprint density at radius 1 is 1.32 bits per heavy atom. The number of nitrogens with one attached hydrogen (secondary N) is 1. The van der Waals surface area contributed by atoms with Crippen LogP contribution in [0.5, 0.6) is 0 Å². The second kappa shape index (κ2) is 6.37. The fourth-order valence-electron chi connectivity index (χ4n) is 3.13. The number of hydrogen-bond acceptors (Lipinski definition) is 3. The fourth-order valence-corrected chi connectivity index (χ4v) is 3.13. The van der Waals surface area contributed by atoms with Crippen molar-refractivity contribution in [2.24, 2.45) is 5.73 Å². The minimum atomic E-state index is -0.297. The van der Waals surface area contributed by atoms with Gasteiger partial charge in [0.15, 0.2) is 0 Å². The Hall–Kier alpha value is -1.10. The third-order valence-corrected chi connectivity index (χ3v) is 4.22. The van der Waals surface area contributed by atoms with Gasteiger partial charge in [0.1, 0.15) is 6.04 Å². The molecule has 0 bridgehead atoms. The maximum absolute atomic E-state index is 12.5. The molecule has 0 aromatic carbocycles. The van der Waals surface area contributed by atoms with E-state index in [2.05, 4.69) is 12.2 Å². The Morgan fingerprint density at radius 2 is 2.00 bits per heavy atom. The van der Waals surface area contributed by atoms with Crippen LogP contribution in [-0.4, -0.2) is 41.4 Å². The minimum Gasteiger partial charge on any atom is -0.344 e. The molecule has 2 aliphatic rings. The molecular formula is C14H25N3O2. The van der Waals surface area contributed by atoms with Crippen molar-refractivity contribution in [3.8, 4) is 0 Å². The summed E-state index contributed by atoms with van der Waals surface area (Å²) in [5.74, 6) is 0.105. The van der Waals surface area contributed by atoms with E-state index in [4.69, 9.17) is 5.73 Å². The summed E-state index contributed by atoms with van der Waals surface area (Å²) in [5, 5.41) is 2.79. The molecule has 0 radical (unpaired) electrons. The van der Waals surface area contributed by atoms with Gasteiger partial charge in [0.25, 0.3) is 0 Å². The third kappa shape index (κ3) is 3.47. The number of nitrogens with two attached hydrogens (primary N) is 1. The van der Waals surface area contributed by atoms with Crippen LogP contribution in [0, 0.1) is 0 Å². The first-order chi connectivity index (χ1) is 9.11. The van der Waals surface area contributed by atoms with Crippen molar-refractivity contribution < 1.29 is 9.59 Å². The predicted octanol–water partition coefficient (Wildman–Crippen LogP) is 0.773. The summed E-state index contributed by atoms with van der Waals surface area (Å²) in [5.41, 5.74) is 5.93. The highest BCUT2D eigenvalue weighted by molar-refractivity contribution is 5.91.